The molecule has 0 amide bonds. The van der Waals surface area contributed by atoms with E-state index < -0.39 is 15.6 Å². The Bertz CT molecular complexity index is 861. The Morgan fingerprint density at radius 1 is 1.28 bits per heavy atom. The Morgan fingerprint density at radius 3 is 2.55 bits per heavy atom. The van der Waals surface area contributed by atoms with Crippen LogP contribution in [-0.2, 0) is 16.6 Å². The van der Waals surface area contributed by atoms with Gasteiger partial charge in [-0.15, -0.1) is 0 Å². The standard InChI is InChI=1S/C20H34N4O4S/c1-16(2)18-11-19(25)23(15-21-18)12-17-5-9-22(10-6-17)13-20(26)7-4-8-24(14-20)29(3,27)28/h11,15-17,26H,4-10,12-14H2,1-3H3. The second kappa shape index (κ2) is 8.83. The van der Waals surface area contributed by atoms with E-state index in [0.717, 1.165) is 31.6 Å². The van der Waals surface area contributed by atoms with Crippen molar-refractivity contribution in [2.24, 2.45) is 5.92 Å². The Hall–Kier alpha value is -1.29. The van der Waals surface area contributed by atoms with Crippen molar-refractivity contribution in [1.82, 2.24) is 18.8 Å². The highest BCUT2D eigenvalue weighted by atomic mass is 32.2. The molecule has 164 valence electrons. The van der Waals surface area contributed by atoms with Crippen molar-refractivity contribution in [2.45, 2.75) is 57.6 Å². The highest BCUT2D eigenvalue weighted by molar-refractivity contribution is 7.88. The molecular weight excluding hydrogens is 392 g/mol. The molecular formula is C20H34N4O4S. The van der Waals surface area contributed by atoms with E-state index >= 15 is 0 Å². The summed E-state index contributed by atoms with van der Waals surface area (Å²) in [5, 5.41) is 11.0. The summed E-state index contributed by atoms with van der Waals surface area (Å²) in [4.78, 5) is 19.0. The van der Waals surface area contributed by atoms with Crippen LogP contribution in [0.25, 0.3) is 0 Å². The highest BCUT2D eigenvalue weighted by Crippen LogP contribution is 2.26. The van der Waals surface area contributed by atoms with Gasteiger partial charge in [-0.2, -0.15) is 4.31 Å². The van der Waals surface area contributed by atoms with Gasteiger partial charge < -0.3 is 10.0 Å². The number of rotatable bonds is 6. The van der Waals surface area contributed by atoms with Gasteiger partial charge in [-0.05, 0) is 50.6 Å². The summed E-state index contributed by atoms with van der Waals surface area (Å²) in [5.74, 6) is 0.647. The van der Waals surface area contributed by atoms with Gasteiger partial charge in [0.25, 0.3) is 5.56 Å². The van der Waals surface area contributed by atoms with Crippen LogP contribution in [0.3, 0.4) is 0 Å². The van der Waals surface area contributed by atoms with Gasteiger partial charge in [-0.25, -0.2) is 13.4 Å². The second-order valence-electron chi connectivity index (χ2n) is 9.10. The lowest BCUT2D eigenvalue weighted by Crippen LogP contribution is -2.56. The lowest BCUT2D eigenvalue weighted by molar-refractivity contribution is -0.0408. The third kappa shape index (κ3) is 5.87. The average molecular weight is 427 g/mol. The maximum absolute atomic E-state index is 12.3. The van der Waals surface area contributed by atoms with Gasteiger partial charge in [-0.3, -0.25) is 9.36 Å². The van der Waals surface area contributed by atoms with E-state index in [4.69, 9.17) is 0 Å². The lowest BCUT2D eigenvalue weighted by atomic mass is 9.91. The molecule has 3 heterocycles. The normalized spacial score (nSPS) is 25.6. The molecule has 2 saturated heterocycles. The molecule has 1 unspecified atom stereocenters. The number of nitrogens with zero attached hydrogens (tertiary/aromatic N) is 4. The second-order valence-corrected chi connectivity index (χ2v) is 11.1. The van der Waals surface area contributed by atoms with Crippen LogP contribution in [0.1, 0.15) is 51.1 Å². The number of piperidine rings is 2. The molecule has 8 nitrogen and oxygen atoms in total. The van der Waals surface area contributed by atoms with Crippen LogP contribution in [0.2, 0.25) is 0 Å². The van der Waals surface area contributed by atoms with Gasteiger partial charge in [0, 0.05) is 32.2 Å². The highest BCUT2D eigenvalue weighted by Gasteiger charge is 2.38. The Labute approximate surface area is 173 Å². The predicted molar refractivity (Wildman–Crippen MR) is 112 cm³/mol. The van der Waals surface area contributed by atoms with Gasteiger partial charge in [0.15, 0.2) is 0 Å². The van der Waals surface area contributed by atoms with E-state index in [1.807, 2.05) is 13.8 Å². The summed E-state index contributed by atoms with van der Waals surface area (Å²) in [6, 6.07) is 1.63. The van der Waals surface area contributed by atoms with E-state index in [0.29, 0.717) is 38.4 Å². The predicted octanol–water partition coefficient (Wildman–Crippen LogP) is 0.865. The third-order valence-corrected chi connectivity index (χ3v) is 7.41. The Morgan fingerprint density at radius 2 is 1.97 bits per heavy atom. The smallest absolute Gasteiger partial charge is 0.253 e. The van der Waals surface area contributed by atoms with Crippen molar-refractivity contribution in [3.05, 3.63) is 28.4 Å². The molecule has 2 aliphatic heterocycles. The molecule has 0 bridgehead atoms. The van der Waals surface area contributed by atoms with Crippen LogP contribution in [-0.4, -0.2) is 76.9 Å². The average Bonchev–Trinajstić information content (AvgIpc) is 2.64. The molecule has 0 aromatic carbocycles. The van der Waals surface area contributed by atoms with Gasteiger partial charge in [0.05, 0.1) is 23.9 Å². The fourth-order valence-corrected chi connectivity index (χ4v) is 5.33. The molecule has 0 radical (unpaired) electrons. The van der Waals surface area contributed by atoms with Crippen molar-refractivity contribution in [1.29, 1.82) is 0 Å². The number of β-amino-alcohol motifs (C(OH)–C–C–N with tert-alkyl or cyclic N) is 1. The van der Waals surface area contributed by atoms with Crippen molar-refractivity contribution in [3.63, 3.8) is 0 Å². The number of aliphatic hydroxyl groups is 1. The molecule has 2 aliphatic rings. The molecule has 0 aliphatic carbocycles. The van der Waals surface area contributed by atoms with Crippen LogP contribution in [0.4, 0.5) is 0 Å². The van der Waals surface area contributed by atoms with Crippen molar-refractivity contribution in [3.8, 4) is 0 Å². The van der Waals surface area contributed by atoms with Crippen LogP contribution in [0, 0.1) is 5.92 Å². The minimum atomic E-state index is -3.28. The van der Waals surface area contributed by atoms with Gasteiger partial charge in [-0.1, -0.05) is 13.8 Å². The van der Waals surface area contributed by atoms with Crippen molar-refractivity contribution in [2.75, 3.05) is 39.0 Å². The molecule has 0 saturated carbocycles. The van der Waals surface area contributed by atoms with Gasteiger partial charge >= 0.3 is 0 Å². The minimum absolute atomic E-state index is 0.00325. The molecule has 9 heteroatoms. The largest absolute Gasteiger partial charge is 0.387 e. The number of sulfonamides is 1. The van der Waals surface area contributed by atoms with E-state index in [-0.39, 0.29) is 18.0 Å². The molecule has 1 N–H and O–H groups in total. The first-order valence-electron chi connectivity index (χ1n) is 10.5. The van der Waals surface area contributed by atoms with Crippen molar-refractivity contribution < 1.29 is 13.5 Å². The van der Waals surface area contributed by atoms with Gasteiger partial charge in [0.1, 0.15) is 0 Å². The molecule has 1 aromatic heterocycles. The van der Waals surface area contributed by atoms with Crippen LogP contribution in [0.15, 0.2) is 17.2 Å². The van der Waals surface area contributed by atoms with Crippen LogP contribution in [0.5, 0.6) is 0 Å². The monoisotopic (exact) mass is 426 g/mol. The lowest BCUT2D eigenvalue weighted by Gasteiger charge is -2.42. The molecule has 2 fully saturated rings. The van der Waals surface area contributed by atoms with Crippen LogP contribution < -0.4 is 5.56 Å². The number of hydrogen-bond acceptors (Lipinski definition) is 6. The van der Waals surface area contributed by atoms with Crippen molar-refractivity contribution >= 4 is 10.0 Å². The number of likely N-dealkylation sites (tertiary alicyclic amines) is 1. The molecule has 0 spiro atoms. The zero-order valence-corrected chi connectivity index (χ0v) is 18.6. The summed E-state index contributed by atoms with van der Waals surface area (Å²) in [5.41, 5.74) is -0.157. The summed E-state index contributed by atoms with van der Waals surface area (Å²) in [6.07, 6.45) is 6.07. The molecule has 1 aromatic rings. The Balaban J connectivity index is 1.52. The first-order chi connectivity index (χ1) is 13.6. The summed E-state index contributed by atoms with van der Waals surface area (Å²) in [7, 11) is -3.28. The third-order valence-electron chi connectivity index (χ3n) is 6.16. The minimum Gasteiger partial charge on any atom is -0.387 e. The first-order valence-corrected chi connectivity index (χ1v) is 12.4. The zero-order chi connectivity index (χ0) is 21.2. The number of hydrogen-bond donors (Lipinski definition) is 1. The summed E-state index contributed by atoms with van der Waals surface area (Å²) >= 11 is 0. The van der Waals surface area contributed by atoms with E-state index in [9.17, 15) is 18.3 Å². The van der Waals surface area contributed by atoms with Crippen LogP contribution >= 0.6 is 0 Å². The SMILES string of the molecule is CC(C)c1cc(=O)n(CC2CCN(CC3(O)CCCN(S(C)(=O)=O)C3)CC2)cn1. The molecule has 1 atom stereocenters. The van der Waals surface area contributed by atoms with E-state index in [1.54, 1.807) is 17.0 Å². The Kier molecular flexibility index (Phi) is 6.82. The summed E-state index contributed by atoms with van der Waals surface area (Å²) in [6.45, 7) is 7.57. The first kappa shape index (κ1) is 22.4. The fraction of sp³-hybridized carbons (Fsp3) is 0.800. The quantitative estimate of drug-likeness (QED) is 0.725. The maximum atomic E-state index is 12.3. The molecule has 3 rings (SSSR count). The van der Waals surface area contributed by atoms with E-state index in [1.165, 1.54) is 10.6 Å². The van der Waals surface area contributed by atoms with E-state index in [2.05, 4.69) is 9.88 Å². The molecule has 29 heavy (non-hydrogen) atoms. The maximum Gasteiger partial charge on any atom is 0.253 e. The fourth-order valence-electron chi connectivity index (χ4n) is 4.40. The summed E-state index contributed by atoms with van der Waals surface area (Å²) < 4.78 is 26.8. The number of aromatic nitrogens is 2. The zero-order valence-electron chi connectivity index (χ0n) is 17.7. The van der Waals surface area contributed by atoms with Gasteiger partial charge in [0.2, 0.25) is 10.0 Å². The topological polar surface area (TPSA) is 95.7 Å².